The van der Waals surface area contributed by atoms with E-state index in [1.807, 2.05) is 30.3 Å². The summed E-state index contributed by atoms with van der Waals surface area (Å²) in [6.07, 6.45) is 0. The second-order valence-electron chi connectivity index (χ2n) is 4.22. The molecule has 0 aliphatic carbocycles. The van der Waals surface area contributed by atoms with Crippen LogP contribution in [-0.2, 0) is 0 Å². The molecule has 0 saturated carbocycles. The van der Waals surface area contributed by atoms with Gasteiger partial charge in [-0.1, -0.05) is 0 Å². The molecule has 0 bridgehead atoms. The predicted octanol–water partition coefficient (Wildman–Crippen LogP) is 1.86. The van der Waals surface area contributed by atoms with E-state index in [1.165, 1.54) is 28.9 Å². The fourth-order valence-corrected chi connectivity index (χ4v) is 3.48. The normalized spacial score (nSPS) is 10.5. The van der Waals surface area contributed by atoms with Crippen molar-refractivity contribution < 1.29 is 4.92 Å². The van der Waals surface area contributed by atoms with Crippen molar-refractivity contribution in [3.8, 4) is 15.8 Å². The molecule has 3 rings (SSSR count). The maximum atomic E-state index is 12.1. The zero-order chi connectivity index (χ0) is 14.8. The predicted molar refractivity (Wildman–Crippen MR) is 78.9 cm³/mol. The van der Waals surface area contributed by atoms with Crippen molar-refractivity contribution in [2.75, 3.05) is 0 Å². The zero-order valence-electron chi connectivity index (χ0n) is 10.7. The molecule has 0 N–H and O–H groups in total. The molecule has 21 heavy (non-hydrogen) atoms. The van der Waals surface area contributed by atoms with Gasteiger partial charge in [0.1, 0.15) is 0 Å². The number of aromatic nitrogens is 2. The third kappa shape index (κ3) is 2.69. The molecule has 0 aliphatic rings. The molecule has 6 nitrogen and oxygen atoms in total. The fraction of sp³-hybridized carbons (Fsp3) is 0. The fourth-order valence-electron chi connectivity index (χ4n) is 1.85. The van der Waals surface area contributed by atoms with Crippen LogP contribution in [0.4, 0.5) is 5.69 Å². The van der Waals surface area contributed by atoms with Crippen LogP contribution >= 0.6 is 0 Å². The zero-order valence-corrected chi connectivity index (χ0v) is 12.4. The molecule has 104 valence electrons. The van der Waals surface area contributed by atoms with Crippen molar-refractivity contribution in [1.82, 2.24) is 9.78 Å². The van der Waals surface area contributed by atoms with Gasteiger partial charge in [0.05, 0.1) is 0 Å². The molecule has 0 spiro atoms. The molecule has 3 aromatic rings. The third-order valence-electron chi connectivity index (χ3n) is 2.87. The number of nitro benzene ring substituents is 1. The first-order valence-electron chi connectivity index (χ1n) is 6.05. The number of benzene rings is 2. The molecular formula is C14H9N3O3Se. The van der Waals surface area contributed by atoms with E-state index in [1.54, 1.807) is 0 Å². The van der Waals surface area contributed by atoms with Gasteiger partial charge in [0.25, 0.3) is 0 Å². The molecule has 2 aromatic carbocycles. The van der Waals surface area contributed by atoms with Gasteiger partial charge in [-0.05, 0) is 0 Å². The Balaban J connectivity index is 2.02. The van der Waals surface area contributed by atoms with E-state index in [0.717, 1.165) is 10.1 Å². The number of non-ortho nitro benzene ring substituents is 1. The summed E-state index contributed by atoms with van der Waals surface area (Å²) >= 11 is -0.386. The summed E-state index contributed by atoms with van der Waals surface area (Å²) in [6.45, 7) is 0. The van der Waals surface area contributed by atoms with E-state index in [-0.39, 0.29) is 24.6 Å². The minimum absolute atomic E-state index is 0.0110. The number of nitrogens with zero attached hydrogens (tertiary/aromatic N) is 3. The Morgan fingerprint density at radius 1 is 1.05 bits per heavy atom. The summed E-state index contributed by atoms with van der Waals surface area (Å²) in [5.74, 6) is 0. The molecule has 0 saturated heterocycles. The van der Waals surface area contributed by atoms with Crippen LogP contribution in [0.5, 0.6) is 0 Å². The molecule has 0 radical (unpaired) electrons. The van der Waals surface area contributed by atoms with Gasteiger partial charge >= 0.3 is 125 Å². The van der Waals surface area contributed by atoms with Crippen LogP contribution < -0.4 is 4.43 Å². The van der Waals surface area contributed by atoms with Gasteiger partial charge < -0.3 is 0 Å². The number of hydrogen-bond acceptors (Lipinski definition) is 4. The molecule has 7 heteroatoms. The van der Waals surface area contributed by atoms with Crippen LogP contribution in [0.1, 0.15) is 0 Å². The van der Waals surface area contributed by atoms with Crippen molar-refractivity contribution in [1.29, 1.82) is 0 Å². The summed E-state index contributed by atoms with van der Waals surface area (Å²) in [4.78, 5) is 22.2. The summed E-state index contributed by atoms with van der Waals surface area (Å²) < 4.78 is 1.98. The molecular weight excluding hydrogens is 337 g/mol. The Morgan fingerprint density at radius 2 is 1.71 bits per heavy atom. The Kier molecular flexibility index (Phi) is 3.51. The Bertz CT molecular complexity index is 838. The molecule has 0 amide bonds. The molecule has 0 aliphatic heterocycles. The average molecular weight is 346 g/mol. The van der Waals surface area contributed by atoms with Gasteiger partial charge in [0.15, 0.2) is 0 Å². The van der Waals surface area contributed by atoms with Gasteiger partial charge in [0.2, 0.25) is 0 Å². The second-order valence-corrected chi connectivity index (χ2v) is 6.20. The van der Waals surface area contributed by atoms with Crippen LogP contribution in [0.3, 0.4) is 0 Å². The van der Waals surface area contributed by atoms with Crippen LogP contribution in [0, 0.1) is 10.1 Å². The Hall–Kier alpha value is -2.50. The van der Waals surface area contributed by atoms with Gasteiger partial charge in [0, 0.05) is 0 Å². The topological polar surface area (TPSA) is 78.0 Å². The van der Waals surface area contributed by atoms with Gasteiger partial charge in [-0.2, -0.15) is 0 Å². The number of nitro groups is 1. The first kappa shape index (κ1) is 13.5. The van der Waals surface area contributed by atoms with Crippen molar-refractivity contribution in [2.24, 2.45) is 0 Å². The van der Waals surface area contributed by atoms with Gasteiger partial charge in [-0.25, -0.2) is 0 Å². The first-order valence-corrected chi connectivity index (χ1v) is 7.77. The van der Waals surface area contributed by atoms with E-state index < -0.39 is 4.92 Å². The van der Waals surface area contributed by atoms with Crippen molar-refractivity contribution in [3.05, 3.63) is 73.9 Å². The van der Waals surface area contributed by atoms with Crippen molar-refractivity contribution in [2.45, 2.75) is 0 Å². The van der Waals surface area contributed by atoms with E-state index in [2.05, 4.69) is 5.10 Å². The van der Waals surface area contributed by atoms with Crippen molar-refractivity contribution in [3.63, 3.8) is 0 Å². The molecule has 0 unspecified atom stereocenters. The molecule has 0 atom stereocenters. The summed E-state index contributed by atoms with van der Waals surface area (Å²) in [5, 5.41) is 15.0. The average Bonchev–Trinajstić information content (AvgIpc) is 2.90. The van der Waals surface area contributed by atoms with E-state index in [4.69, 9.17) is 0 Å². The van der Waals surface area contributed by atoms with E-state index in [0.29, 0.717) is 5.69 Å². The monoisotopic (exact) mass is 347 g/mol. The van der Waals surface area contributed by atoms with Gasteiger partial charge in [-0.3, -0.25) is 0 Å². The molecule has 0 fully saturated rings. The standard InChI is InChI=1S/C14H9N3O3Se/c18-14-16(11-6-8-12(9-7-11)17(19)20)15-13(21-14)10-4-2-1-3-5-10/h1-9H. The van der Waals surface area contributed by atoms with Crippen LogP contribution in [0.2, 0.25) is 0 Å². The van der Waals surface area contributed by atoms with E-state index in [9.17, 15) is 14.9 Å². The quantitative estimate of drug-likeness (QED) is 0.412. The van der Waals surface area contributed by atoms with E-state index >= 15 is 0 Å². The Labute approximate surface area is 125 Å². The third-order valence-corrected chi connectivity index (χ3v) is 4.67. The van der Waals surface area contributed by atoms with Crippen LogP contribution in [0.25, 0.3) is 15.8 Å². The van der Waals surface area contributed by atoms with Crippen LogP contribution in [-0.4, -0.2) is 29.2 Å². The van der Waals surface area contributed by atoms with Crippen LogP contribution in [0.15, 0.2) is 59.4 Å². The maximum absolute atomic E-state index is 12.1. The number of rotatable bonds is 3. The van der Waals surface area contributed by atoms with Gasteiger partial charge in [-0.15, -0.1) is 0 Å². The first-order chi connectivity index (χ1) is 10.1. The summed E-state index contributed by atoms with van der Waals surface area (Å²) in [5.41, 5.74) is 1.46. The second kappa shape index (κ2) is 5.47. The minimum atomic E-state index is -0.474. The Morgan fingerprint density at radius 3 is 2.33 bits per heavy atom. The number of hydrogen-bond donors (Lipinski definition) is 0. The SMILES string of the molecule is O=c1[se]c(-c2ccccc2)nn1-c1ccc([N+](=O)[O-])cc1. The molecule has 1 heterocycles. The summed E-state index contributed by atoms with van der Waals surface area (Å²) in [6, 6.07) is 15.3. The summed E-state index contributed by atoms with van der Waals surface area (Å²) in [7, 11) is 0. The van der Waals surface area contributed by atoms with Crippen molar-refractivity contribution >= 4 is 20.2 Å². The molecule has 1 aromatic heterocycles.